The number of hydrogen-bond donors (Lipinski definition) is 0. The molecule has 1 aliphatic heterocycles. The summed E-state index contributed by atoms with van der Waals surface area (Å²) >= 11 is 0. The van der Waals surface area contributed by atoms with Gasteiger partial charge in [-0.05, 0) is 39.8 Å². The fourth-order valence-corrected chi connectivity index (χ4v) is 2.05. The van der Waals surface area contributed by atoms with Crippen molar-refractivity contribution in [3.63, 3.8) is 0 Å². The van der Waals surface area contributed by atoms with E-state index < -0.39 is 29.0 Å². The lowest BCUT2D eigenvalue weighted by Gasteiger charge is -2.21. The van der Waals surface area contributed by atoms with Crippen LogP contribution in [0.5, 0.6) is 0 Å². The van der Waals surface area contributed by atoms with Gasteiger partial charge in [-0.1, -0.05) is 0 Å². The average Bonchev–Trinajstić information content (AvgIpc) is 2.94. The van der Waals surface area contributed by atoms with Crippen LogP contribution >= 0.6 is 0 Å². The van der Waals surface area contributed by atoms with Crippen LogP contribution < -0.4 is 0 Å². The zero-order valence-corrected chi connectivity index (χ0v) is 13.0. The molecule has 0 aromatic carbocycles. The monoisotopic (exact) mass is 309 g/mol. The molecule has 0 radical (unpaired) electrons. The van der Waals surface area contributed by atoms with E-state index in [4.69, 9.17) is 13.9 Å². The molecule has 0 spiro atoms. The van der Waals surface area contributed by atoms with Crippen molar-refractivity contribution in [1.29, 1.82) is 0 Å². The maximum Gasteiger partial charge on any atom is 0.411 e. The van der Waals surface area contributed by atoms with E-state index in [1.54, 1.807) is 27.7 Å². The summed E-state index contributed by atoms with van der Waals surface area (Å²) in [5, 5.41) is 0. The quantitative estimate of drug-likeness (QED) is 0.366. The minimum atomic E-state index is -1.68. The zero-order valence-electron chi connectivity index (χ0n) is 13.0. The van der Waals surface area contributed by atoms with Gasteiger partial charge in [-0.15, -0.1) is 0 Å². The summed E-state index contributed by atoms with van der Waals surface area (Å²) in [6, 6.07) is 2.97. The van der Waals surface area contributed by atoms with Crippen molar-refractivity contribution in [3.8, 4) is 0 Å². The third-order valence-electron chi connectivity index (χ3n) is 3.09. The Morgan fingerprint density at radius 3 is 2.55 bits per heavy atom. The smallest absolute Gasteiger partial charge is 0.411 e. The van der Waals surface area contributed by atoms with Gasteiger partial charge in [0.05, 0.1) is 19.4 Å². The van der Waals surface area contributed by atoms with Gasteiger partial charge in [-0.3, -0.25) is 9.69 Å². The second-order valence-corrected chi connectivity index (χ2v) is 5.95. The van der Waals surface area contributed by atoms with Crippen molar-refractivity contribution in [1.82, 2.24) is 4.90 Å². The highest BCUT2D eigenvalue weighted by molar-refractivity contribution is 6.20. The Kier molecular flexibility index (Phi) is 4.00. The normalized spacial score (nSPS) is 20.5. The summed E-state index contributed by atoms with van der Waals surface area (Å²) in [6.45, 7) is 6.76. The summed E-state index contributed by atoms with van der Waals surface area (Å²) < 4.78 is 15.2. The second kappa shape index (κ2) is 5.47. The first-order valence-electron chi connectivity index (χ1n) is 6.98. The van der Waals surface area contributed by atoms with Gasteiger partial charge in [0.15, 0.2) is 5.76 Å². The van der Waals surface area contributed by atoms with Crippen LogP contribution in [0.1, 0.15) is 38.2 Å². The molecule has 1 aliphatic rings. The molecule has 0 aliphatic carbocycles. The Balaban J connectivity index is 2.25. The van der Waals surface area contributed by atoms with Crippen LogP contribution in [0.4, 0.5) is 4.79 Å². The highest BCUT2D eigenvalue weighted by atomic mass is 16.6. The fourth-order valence-electron chi connectivity index (χ4n) is 2.05. The molecule has 1 saturated heterocycles. The van der Waals surface area contributed by atoms with E-state index >= 15 is 0 Å². The van der Waals surface area contributed by atoms with Gasteiger partial charge in [0.2, 0.25) is 11.3 Å². The van der Waals surface area contributed by atoms with E-state index in [0.717, 1.165) is 4.90 Å². The summed E-state index contributed by atoms with van der Waals surface area (Å²) in [6.07, 6.45) is 0.590. The van der Waals surface area contributed by atoms with Crippen molar-refractivity contribution in [2.45, 2.75) is 38.8 Å². The van der Waals surface area contributed by atoms with Gasteiger partial charge in [0.1, 0.15) is 5.60 Å². The summed E-state index contributed by atoms with van der Waals surface area (Å²) in [5.41, 5.74) is -2.41. The van der Waals surface area contributed by atoms with Crippen LogP contribution in [0.2, 0.25) is 0 Å². The molecular weight excluding hydrogens is 290 g/mol. The summed E-state index contributed by atoms with van der Waals surface area (Å²) in [5.74, 6) is -1.39. The Morgan fingerprint density at radius 2 is 2.05 bits per heavy atom. The van der Waals surface area contributed by atoms with Gasteiger partial charge in [0.25, 0.3) is 0 Å². The maximum atomic E-state index is 12.5. The molecule has 0 N–H and O–H groups in total. The number of esters is 1. The number of Topliss-reactive ketones (excluding diaryl/α,β-unsaturated/α-hetero) is 1. The van der Waals surface area contributed by atoms with E-state index in [0.29, 0.717) is 0 Å². The predicted octanol–water partition coefficient (Wildman–Crippen LogP) is 2.01. The van der Waals surface area contributed by atoms with Crippen molar-refractivity contribution >= 4 is 17.8 Å². The first-order valence-corrected chi connectivity index (χ1v) is 6.98. The molecule has 1 aromatic rings. The van der Waals surface area contributed by atoms with E-state index in [2.05, 4.69) is 0 Å². The highest BCUT2D eigenvalue weighted by Crippen LogP contribution is 2.38. The molecule has 2 rings (SSSR count). The third kappa shape index (κ3) is 2.84. The number of nitrogens with zero attached hydrogens (tertiary/aromatic N) is 1. The number of carbonyl (C=O) groups is 3. The Labute approximate surface area is 128 Å². The molecule has 120 valence electrons. The molecule has 1 amide bonds. The molecule has 7 heteroatoms. The van der Waals surface area contributed by atoms with Crippen LogP contribution in [0.25, 0.3) is 0 Å². The topological polar surface area (TPSA) is 85.8 Å². The number of amides is 1. The van der Waals surface area contributed by atoms with Gasteiger partial charge in [0, 0.05) is 0 Å². The molecule has 22 heavy (non-hydrogen) atoms. The number of furan rings is 1. The molecule has 7 nitrogen and oxygen atoms in total. The van der Waals surface area contributed by atoms with Crippen LogP contribution in [0.3, 0.4) is 0 Å². The number of hydrogen-bond acceptors (Lipinski definition) is 6. The van der Waals surface area contributed by atoms with Crippen LogP contribution in [-0.2, 0) is 14.3 Å². The molecular formula is C15H19NO6. The highest BCUT2D eigenvalue weighted by Gasteiger charge is 2.69. The largest absolute Gasteiger partial charge is 0.464 e. The summed E-state index contributed by atoms with van der Waals surface area (Å²) in [7, 11) is 0. The molecule has 0 bridgehead atoms. The van der Waals surface area contributed by atoms with Crippen LogP contribution in [0, 0.1) is 0 Å². The fraction of sp³-hybridized carbons (Fsp3) is 0.533. The first kappa shape index (κ1) is 16.1. The van der Waals surface area contributed by atoms with E-state index in [-0.39, 0.29) is 18.9 Å². The van der Waals surface area contributed by atoms with Gasteiger partial charge >= 0.3 is 12.1 Å². The van der Waals surface area contributed by atoms with Crippen molar-refractivity contribution in [2.24, 2.45) is 0 Å². The summed E-state index contributed by atoms with van der Waals surface area (Å²) in [4.78, 5) is 37.9. The molecule has 0 saturated carbocycles. The first-order chi connectivity index (χ1) is 10.2. The van der Waals surface area contributed by atoms with Crippen molar-refractivity contribution in [3.05, 3.63) is 24.2 Å². The third-order valence-corrected chi connectivity index (χ3v) is 3.09. The van der Waals surface area contributed by atoms with E-state index in [1.165, 1.54) is 18.4 Å². The minimum Gasteiger partial charge on any atom is -0.464 e. The van der Waals surface area contributed by atoms with Crippen molar-refractivity contribution < 1.29 is 28.3 Å². The zero-order chi connectivity index (χ0) is 16.5. The number of carbonyl (C=O) groups excluding carboxylic acids is 3. The lowest BCUT2D eigenvalue weighted by Crippen LogP contribution is -2.42. The second-order valence-electron chi connectivity index (χ2n) is 5.95. The molecule has 2 heterocycles. The number of ketones is 1. The molecule has 0 unspecified atom stereocenters. The minimum absolute atomic E-state index is 0.000822. The van der Waals surface area contributed by atoms with Crippen LogP contribution in [0.15, 0.2) is 22.8 Å². The van der Waals surface area contributed by atoms with Crippen LogP contribution in [-0.4, -0.2) is 47.0 Å². The SMILES string of the molecule is CCOC(=O)[C@]1(C(=O)c2ccco2)CN1C(=O)OC(C)(C)C. The van der Waals surface area contributed by atoms with E-state index in [1.807, 2.05) is 0 Å². The standard InChI is InChI=1S/C15H19NO6/c1-5-20-12(18)15(11(17)10-7-6-8-21-10)9-16(15)13(19)22-14(2,3)4/h6-8H,5,9H2,1-4H3/t15-,16?/m1/s1. The average molecular weight is 309 g/mol. The predicted molar refractivity (Wildman–Crippen MR) is 75.3 cm³/mol. The molecule has 1 atom stereocenters. The maximum absolute atomic E-state index is 12.5. The Hall–Kier alpha value is -2.31. The van der Waals surface area contributed by atoms with Gasteiger partial charge in [-0.2, -0.15) is 0 Å². The lowest BCUT2D eigenvalue weighted by atomic mass is 10.0. The molecule has 1 aromatic heterocycles. The van der Waals surface area contributed by atoms with Crippen molar-refractivity contribution in [2.75, 3.05) is 13.2 Å². The number of ether oxygens (including phenoxy) is 2. The van der Waals surface area contributed by atoms with Gasteiger partial charge in [-0.25, -0.2) is 9.59 Å². The number of rotatable bonds is 4. The van der Waals surface area contributed by atoms with E-state index in [9.17, 15) is 14.4 Å². The lowest BCUT2D eigenvalue weighted by molar-refractivity contribution is -0.145. The molecule has 1 fully saturated rings. The Bertz CT molecular complexity index is 586. The van der Waals surface area contributed by atoms with Gasteiger partial charge < -0.3 is 13.9 Å². The Morgan fingerprint density at radius 1 is 1.36 bits per heavy atom.